The number of rotatable bonds is 12. The van der Waals surface area contributed by atoms with E-state index in [9.17, 15) is 4.79 Å². The highest BCUT2D eigenvalue weighted by molar-refractivity contribution is 5.81. The first-order valence-electron chi connectivity index (χ1n) is 9.24. The maximum absolute atomic E-state index is 10.9. The minimum atomic E-state index is -0.371. The van der Waals surface area contributed by atoms with Crippen molar-refractivity contribution in [2.24, 2.45) is 0 Å². The van der Waals surface area contributed by atoms with Gasteiger partial charge in [-0.25, -0.2) is 4.79 Å². The second-order valence-corrected chi connectivity index (χ2v) is 6.88. The van der Waals surface area contributed by atoms with Gasteiger partial charge in [0, 0.05) is 6.08 Å². The van der Waals surface area contributed by atoms with Crippen molar-refractivity contribution in [3.63, 3.8) is 0 Å². The molecule has 0 radical (unpaired) electrons. The molecule has 0 saturated heterocycles. The van der Waals surface area contributed by atoms with E-state index in [-0.39, 0.29) is 5.97 Å². The summed E-state index contributed by atoms with van der Waals surface area (Å²) in [5.74, 6) is -0.371. The van der Waals surface area contributed by atoms with Crippen LogP contribution in [-0.4, -0.2) is 12.6 Å². The number of carbonyl (C=O) groups is 1. The van der Waals surface area contributed by atoms with E-state index in [0.29, 0.717) is 6.61 Å². The Labute approximate surface area is 155 Å². The third kappa shape index (κ3) is 15.4. The Morgan fingerprint density at radius 1 is 0.760 bits per heavy atom. The molecule has 2 nitrogen and oxygen atoms in total. The average molecular weight is 345 g/mol. The van der Waals surface area contributed by atoms with Gasteiger partial charge in [0.05, 0.1) is 0 Å². The molecule has 0 spiro atoms. The zero-order valence-corrected chi connectivity index (χ0v) is 16.9. The van der Waals surface area contributed by atoms with E-state index in [2.05, 4.69) is 59.4 Å². The van der Waals surface area contributed by atoms with Crippen LogP contribution >= 0.6 is 0 Å². The predicted molar refractivity (Wildman–Crippen MR) is 110 cm³/mol. The Morgan fingerprint density at radius 2 is 1.20 bits per heavy atom. The summed E-state index contributed by atoms with van der Waals surface area (Å²) < 4.78 is 4.95. The highest BCUT2D eigenvalue weighted by atomic mass is 16.5. The normalized spacial score (nSPS) is 12.8. The summed E-state index contributed by atoms with van der Waals surface area (Å²) in [6.07, 6.45) is 16.7. The van der Waals surface area contributed by atoms with Crippen molar-refractivity contribution in [1.29, 1.82) is 0 Å². The molecule has 0 N–H and O–H groups in total. The minimum Gasteiger partial charge on any atom is -0.458 e. The lowest BCUT2D eigenvalue weighted by Gasteiger charge is -2.03. The second kappa shape index (κ2) is 14.5. The zero-order valence-electron chi connectivity index (χ0n) is 16.9. The van der Waals surface area contributed by atoms with Gasteiger partial charge < -0.3 is 4.74 Å². The Morgan fingerprint density at radius 3 is 1.64 bits per heavy atom. The fourth-order valence-corrected chi connectivity index (χ4v) is 2.31. The summed E-state index contributed by atoms with van der Waals surface area (Å²) in [4.78, 5) is 10.9. The van der Waals surface area contributed by atoms with E-state index < -0.39 is 0 Å². The largest absolute Gasteiger partial charge is 0.458 e. The van der Waals surface area contributed by atoms with Crippen LogP contribution in [0.3, 0.4) is 0 Å². The van der Waals surface area contributed by atoms with E-state index in [1.165, 1.54) is 28.4 Å². The van der Waals surface area contributed by atoms with Gasteiger partial charge in [-0.2, -0.15) is 0 Å². The monoisotopic (exact) mass is 344 g/mol. The van der Waals surface area contributed by atoms with Crippen LogP contribution in [0, 0.1) is 0 Å². The molecule has 0 heterocycles. The lowest BCUT2D eigenvalue weighted by atomic mass is 10.0. The van der Waals surface area contributed by atoms with Crippen LogP contribution in [0.1, 0.15) is 73.1 Å². The highest BCUT2D eigenvalue weighted by Crippen LogP contribution is 2.13. The fraction of sp³-hybridized carbons (Fsp3) is 0.522. The summed E-state index contributed by atoms with van der Waals surface area (Å²) in [5.41, 5.74) is 5.57. The van der Waals surface area contributed by atoms with Crippen LogP contribution in [0.5, 0.6) is 0 Å². The van der Waals surface area contributed by atoms with Gasteiger partial charge in [-0.1, -0.05) is 47.1 Å². The maximum Gasteiger partial charge on any atom is 0.330 e. The smallest absolute Gasteiger partial charge is 0.330 e. The number of allylic oxidation sites excluding steroid dienone is 7. The molecule has 0 aromatic heterocycles. The fourth-order valence-electron chi connectivity index (χ4n) is 2.31. The van der Waals surface area contributed by atoms with Crippen LogP contribution in [0.15, 0.2) is 59.3 Å². The van der Waals surface area contributed by atoms with Crippen molar-refractivity contribution >= 4 is 5.97 Å². The third-order valence-electron chi connectivity index (χ3n) is 3.98. The van der Waals surface area contributed by atoms with Crippen LogP contribution < -0.4 is 0 Å². The van der Waals surface area contributed by atoms with Crippen LogP contribution in [-0.2, 0) is 9.53 Å². The van der Waals surface area contributed by atoms with E-state index in [0.717, 1.165) is 38.5 Å². The van der Waals surface area contributed by atoms with Crippen LogP contribution in [0.2, 0.25) is 0 Å². The minimum absolute atomic E-state index is 0.330. The Bertz CT molecular complexity index is 526. The number of esters is 1. The number of carbonyl (C=O) groups excluding carboxylic acids is 1. The summed E-state index contributed by atoms with van der Waals surface area (Å²) in [7, 11) is 0. The van der Waals surface area contributed by atoms with E-state index in [4.69, 9.17) is 4.74 Å². The van der Waals surface area contributed by atoms with Crippen LogP contribution in [0.4, 0.5) is 0 Å². The van der Waals surface area contributed by atoms with E-state index in [1.807, 2.05) is 6.08 Å². The molecule has 0 amide bonds. The zero-order chi connectivity index (χ0) is 19.1. The SMILES string of the molecule is C=CC(=O)OCC=C(C)CCC=C(C)CCC=C(C)CCC=C(C)C. The second-order valence-electron chi connectivity index (χ2n) is 6.88. The van der Waals surface area contributed by atoms with Gasteiger partial charge in [0.2, 0.25) is 0 Å². The standard InChI is InChI=1S/C23H36O2/c1-7-23(24)25-18-17-22(6)16-10-15-21(5)14-9-13-20(4)12-8-11-19(2)3/h7,11,13,15,17H,1,8-10,12,14,16,18H2,2-6H3. The molecule has 2 heteroatoms. The first kappa shape index (κ1) is 23.2. The molecule has 0 unspecified atom stereocenters. The summed E-state index contributed by atoms with van der Waals surface area (Å²) in [6.45, 7) is 14.5. The molecular weight excluding hydrogens is 308 g/mol. The molecular formula is C23H36O2. The molecule has 0 aliphatic heterocycles. The molecule has 0 bridgehead atoms. The molecule has 0 aromatic rings. The third-order valence-corrected chi connectivity index (χ3v) is 3.98. The maximum atomic E-state index is 10.9. The molecule has 25 heavy (non-hydrogen) atoms. The lowest BCUT2D eigenvalue weighted by molar-refractivity contribution is -0.136. The van der Waals surface area contributed by atoms with Gasteiger partial charge in [-0.05, 0) is 79.2 Å². The molecule has 140 valence electrons. The van der Waals surface area contributed by atoms with Crippen molar-refractivity contribution in [1.82, 2.24) is 0 Å². The van der Waals surface area contributed by atoms with Crippen molar-refractivity contribution in [3.8, 4) is 0 Å². The number of ether oxygens (including phenoxy) is 1. The van der Waals surface area contributed by atoms with Gasteiger partial charge in [0.15, 0.2) is 0 Å². The molecule has 0 fully saturated rings. The van der Waals surface area contributed by atoms with Crippen molar-refractivity contribution in [3.05, 3.63) is 59.3 Å². The van der Waals surface area contributed by atoms with E-state index in [1.54, 1.807) is 0 Å². The highest BCUT2D eigenvalue weighted by Gasteiger charge is 1.95. The van der Waals surface area contributed by atoms with Crippen molar-refractivity contribution < 1.29 is 9.53 Å². The summed E-state index contributed by atoms with van der Waals surface area (Å²) >= 11 is 0. The average Bonchev–Trinajstić information content (AvgIpc) is 2.54. The molecule has 0 atom stereocenters. The molecule has 0 saturated carbocycles. The van der Waals surface area contributed by atoms with Gasteiger partial charge in [0.1, 0.15) is 6.61 Å². The van der Waals surface area contributed by atoms with Gasteiger partial charge in [0.25, 0.3) is 0 Å². The van der Waals surface area contributed by atoms with Gasteiger partial charge in [-0.15, -0.1) is 0 Å². The van der Waals surface area contributed by atoms with E-state index >= 15 is 0 Å². The first-order chi connectivity index (χ1) is 11.8. The molecule has 0 aliphatic carbocycles. The van der Waals surface area contributed by atoms with Crippen molar-refractivity contribution in [2.45, 2.75) is 73.1 Å². The first-order valence-corrected chi connectivity index (χ1v) is 9.24. The quantitative estimate of drug-likeness (QED) is 0.219. The molecule has 0 aliphatic rings. The number of hydrogen-bond donors (Lipinski definition) is 0. The number of hydrogen-bond acceptors (Lipinski definition) is 2. The topological polar surface area (TPSA) is 26.3 Å². The lowest BCUT2D eigenvalue weighted by Crippen LogP contribution is -1.99. The Hall–Kier alpha value is -1.83. The Kier molecular flexibility index (Phi) is 13.4. The summed E-state index contributed by atoms with van der Waals surface area (Å²) in [6, 6.07) is 0. The Balaban J connectivity index is 4.01. The molecule has 0 aromatic carbocycles. The van der Waals surface area contributed by atoms with Gasteiger partial charge >= 0.3 is 5.97 Å². The van der Waals surface area contributed by atoms with Crippen molar-refractivity contribution in [2.75, 3.05) is 6.61 Å². The van der Waals surface area contributed by atoms with Gasteiger partial charge in [-0.3, -0.25) is 0 Å². The summed E-state index contributed by atoms with van der Waals surface area (Å²) in [5, 5.41) is 0. The molecule has 0 rings (SSSR count). The predicted octanol–water partition coefficient (Wildman–Crippen LogP) is 6.86. The van der Waals surface area contributed by atoms with Crippen LogP contribution in [0.25, 0.3) is 0 Å².